The van der Waals surface area contributed by atoms with Crippen LogP contribution in [0.1, 0.15) is 30.7 Å². The molecule has 0 unspecified atom stereocenters. The lowest BCUT2D eigenvalue weighted by Crippen LogP contribution is -2.40. The first kappa shape index (κ1) is 18.7. The van der Waals surface area contributed by atoms with Crippen LogP contribution in [0.25, 0.3) is 11.0 Å². The fraction of sp³-hybridized carbons (Fsp3) is 0.227. The van der Waals surface area contributed by atoms with Crippen LogP contribution in [0, 0.1) is 0 Å². The first-order valence-electron chi connectivity index (χ1n) is 9.33. The van der Waals surface area contributed by atoms with Crippen LogP contribution < -0.4 is 10.1 Å². The van der Waals surface area contributed by atoms with Gasteiger partial charge in [-0.05, 0) is 30.7 Å². The average Bonchev–Trinajstić information content (AvgIpc) is 3.21. The third-order valence-electron chi connectivity index (χ3n) is 5.15. The van der Waals surface area contributed by atoms with Crippen molar-refractivity contribution in [2.75, 3.05) is 7.11 Å². The number of hydrazone groups is 1. The van der Waals surface area contributed by atoms with Crippen LogP contribution in [0.15, 0.2) is 58.0 Å². The quantitative estimate of drug-likeness (QED) is 0.530. The number of imide groups is 1. The number of nitrogens with zero attached hydrogens (tertiary/aromatic N) is 2. The lowest BCUT2D eigenvalue weighted by atomic mass is 9.92. The number of methoxy groups -OCH3 is 1. The van der Waals surface area contributed by atoms with Crippen molar-refractivity contribution in [3.05, 3.63) is 65.4 Å². The van der Waals surface area contributed by atoms with Crippen LogP contribution in [-0.2, 0) is 16.8 Å². The molecular weight excluding hydrogens is 370 g/mol. The van der Waals surface area contributed by atoms with E-state index in [9.17, 15) is 9.59 Å². The highest BCUT2D eigenvalue weighted by atomic mass is 16.5. The van der Waals surface area contributed by atoms with Crippen molar-refractivity contribution >= 4 is 29.1 Å². The summed E-state index contributed by atoms with van der Waals surface area (Å²) in [4.78, 5) is 25.6. The van der Waals surface area contributed by atoms with Gasteiger partial charge in [0.1, 0.15) is 22.6 Å². The molecule has 1 saturated heterocycles. The number of benzene rings is 2. The monoisotopic (exact) mass is 391 g/mol. The highest BCUT2D eigenvalue weighted by Crippen LogP contribution is 2.31. The number of hydrogen-bond acceptors (Lipinski definition) is 5. The van der Waals surface area contributed by atoms with Crippen molar-refractivity contribution in [1.82, 2.24) is 10.3 Å². The van der Waals surface area contributed by atoms with Gasteiger partial charge in [-0.25, -0.2) is 4.79 Å². The predicted molar refractivity (Wildman–Crippen MR) is 109 cm³/mol. The second-order valence-electron chi connectivity index (χ2n) is 6.94. The van der Waals surface area contributed by atoms with Gasteiger partial charge < -0.3 is 14.5 Å². The topological polar surface area (TPSA) is 84.1 Å². The maximum absolute atomic E-state index is 13.1. The van der Waals surface area contributed by atoms with Gasteiger partial charge in [0, 0.05) is 17.4 Å². The molecule has 1 aliphatic rings. The highest BCUT2D eigenvalue weighted by molar-refractivity contribution is 6.08. The Morgan fingerprint density at radius 3 is 2.76 bits per heavy atom. The third-order valence-corrected chi connectivity index (χ3v) is 5.15. The molecule has 0 saturated carbocycles. The van der Waals surface area contributed by atoms with Crippen LogP contribution in [0.2, 0.25) is 0 Å². The van der Waals surface area contributed by atoms with Crippen LogP contribution in [-0.4, -0.2) is 30.3 Å². The Hall–Kier alpha value is -3.61. The predicted octanol–water partition coefficient (Wildman–Crippen LogP) is 3.80. The number of nitrogens with one attached hydrogen (secondary N) is 1. The molecule has 1 atom stereocenters. The molecule has 0 aliphatic carbocycles. The van der Waals surface area contributed by atoms with Crippen molar-refractivity contribution in [1.29, 1.82) is 0 Å². The van der Waals surface area contributed by atoms with Gasteiger partial charge in [-0.2, -0.15) is 5.10 Å². The fourth-order valence-corrected chi connectivity index (χ4v) is 3.49. The molecule has 7 heteroatoms. The number of amides is 3. The Balaban J connectivity index is 1.68. The van der Waals surface area contributed by atoms with Gasteiger partial charge in [0.25, 0.3) is 5.91 Å². The Kier molecular flexibility index (Phi) is 4.58. The summed E-state index contributed by atoms with van der Waals surface area (Å²) in [5.41, 5.74) is 0.897. The minimum Gasteiger partial charge on any atom is -0.497 e. The van der Waals surface area contributed by atoms with E-state index in [0.717, 1.165) is 27.3 Å². The van der Waals surface area contributed by atoms with Gasteiger partial charge >= 0.3 is 6.03 Å². The molecule has 7 nitrogen and oxygen atoms in total. The number of fused-ring (bicyclic) bond motifs is 1. The maximum Gasteiger partial charge on any atom is 0.346 e. The first-order valence-corrected chi connectivity index (χ1v) is 9.33. The second kappa shape index (κ2) is 7.09. The number of furan rings is 1. The lowest BCUT2D eigenvalue weighted by Gasteiger charge is -2.21. The van der Waals surface area contributed by atoms with E-state index in [0.29, 0.717) is 17.7 Å². The van der Waals surface area contributed by atoms with E-state index >= 15 is 0 Å². The van der Waals surface area contributed by atoms with Crippen molar-refractivity contribution in [2.45, 2.75) is 25.8 Å². The number of aryl methyl sites for hydroxylation is 1. The second-order valence-corrected chi connectivity index (χ2v) is 6.94. The first-order chi connectivity index (χ1) is 14.0. The summed E-state index contributed by atoms with van der Waals surface area (Å²) in [7, 11) is 1.55. The number of urea groups is 1. The van der Waals surface area contributed by atoms with Crippen molar-refractivity contribution in [2.24, 2.45) is 5.10 Å². The molecule has 2 heterocycles. The van der Waals surface area contributed by atoms with Crippen LogP contribution in [0.4, 0.5) is 4.79 Å². The zero-order valence-electron chi connectivity index (χ0n) is 16.4. The summed E-state index contributed by atoms with van der Waals surface area (Å²) in [6, 6.07) is 14.1. The van der Waals surface area contributed by atoms with Crippen molar-refractivity contribution in [3.63, 3.8) is 0 Å². The van der Waals surface area contributed by atoms with Crippen LogP contribution >= 0.6 is 0 Å². The number of rotatable bonds is 5. The number of para-hydroxylation sites is 1. The van der Waals surface area contributed by atoms with Gasteiger partial charge in [0.05, 0.1) is 13.3 Å². The number of hydrogen-bond donors (Lipinski definition) is 1. The molecule has 29 heavy (non-hydrogen) atoms. The van der Waals surface area contributed by atoms with E-state index in [1.807, 2.05) is 31.2 Å². The number of ether oxygens (including phenoxy) is 1. The van der Waals surface area contributed by atoms with Crippen molar-refractivity contribution in [3.8, 4) is 5.75 Å². The van der Waals surface area contributed by atoms with Crippen molar-refractivity contribution < 1.29 is 18.7 Å². The molecule has 1 N–H and O–H groups in total. The SMILES string of the molecule is CCc1oc2ccccc2c1/C=N\N1C(=O)N[C@](C)(c2cccc(OC)c2)C1=O. The molecule has 4 rings (SSSR count). The molecule has 0 radical (unpaired) electrons. The van der Waals surface area contributed by atoms with E-state index in [1.165, 1.54) is 6.21 Å². The maximum atomic E-state index is 13.1. The Morgan fingerprint density at radius 2 is 2.00 bits per heavy atom. The molecule has 1 aromatic heterocycles. The molecule has 2 aromatic carbocycles. The molecule has 1 fully saturated rings. The highest BCUT2D eigenvalue weighted by Gasteiger charge is 2.49. The van der Waals surface area contributed by atoms with Gasteiger partial charge in [-0.15, -0.1) is 5.01 Å². The zero-order valence-corrected chi connectivity index (χ0v) is 16.4. The van der Waals surface area contributed by atoms with E-state index in [1.54, 1.807) is 38.3 Å². The minimum atomic E-state index is -1.23. The molecule has 0 bridgehead atoms. The lowest BCUT2D eigenvalue weighted by molar-refractivity contribution is -0.131. The van der Waals surface area contributed by atoms with E-state index < -0.39 is 17.5 Å². The van der Waals surface area contributed by atoms with Gasteiger partial charge in [0.2, 0.25) is 0 Å². The smallest absolute Gasteiger partial charge is 0.346 e. The zero-order chi connectivity index (χ0) is 20.6. The van der Waals surface area contributed by atoms with E-state index in [2.05, 4.69) is 10.4 Å². The van der Waals surface area contributed by atoms with Gasteiger partial charge in [-0.1, -0.05) is 37.3 Å². The fourth-order valence-electron chi connectivity index (χ4n) is 3.49. The third kappa shape index (κ3) is 3.04. The van der Waals surface area contributed by atoms with Crippen LogP contribution in [0.3, 0.4) is 0 Å². The Morgan fingerprint density at radius 1 is 1.21 bits per heavy atom. The summed E-state index contributed by atoms with van der Waals surface area (Å²) >= 11 is 0. The Labute approximate surface area is 167 Å². The molecular formula is C22H21N3O4. The normalized spacial score (nSPS) is 19.3. The summed E-state index contributed by atoms with van der Waals surface area (Å²) in [5, 5.41) is 8.69. The standard InChI is InChI=1S/C22H21N3O4/c1-4-18-17(16-10-5-6-11-19(16)29-18)13-23-25-20(26)22(2,24-21(25)27)14-8-7-9-15(12-14)28-3/h5-13H,4H2,1-3H3,(H,24,27)/b23-13-/t22-/m1/s1. The molecule has 1 aliphatic heterocycles. The Bertz CT molecular complexity index is 1130. The summed E-state index contributed by atoms with van der Waals surface area (Å²) in [6.45, 7) is 3.63. The van der Waals surface area contributed by atoms with Gasteiger partial charge in [-0.3, -0.25) is 4.79 Å². The van der Waals surface area contributed by atoms with Crippen LogP contribution in [0.5, 0.6) is 5.75 Å². The van der Waals surface area contributed by atoms with E-state index in [-0.39, 0.29) is 0 Å². The molecule has 148 valence electrons. The molecule has 3 amide bonds. The largest absolute Gasteiger partial charge is 0.497 e. The molecule has 0 spiro atoms. The summed E-state index contributed by atoms with van der Waals surface area (Å²) in [6.07, 6.45) is 2.18. The minimum absolute atomic E-state index is 0.460. The van der Waals surface area contributed by atoms with Gasteiger partial charge in [0.15, 0.2) is 0 Å². The number of carbonyl (C=O) groups is 2. The number of carbonyl (C=O) groups excluding carboxylic acids is 2. The average molecular weight is 391 g/mol. The summed E-state index contributed by atoms with van der Waals surface area (Å²) < 4.78 is 11.1. The van der Waals surface area contributed by atoms with E-state index in [4.69, 9.17) is 9.15 Å². The summed E-state index contributed by atoms with van der Waals surface area (Å²) in [5.74, 6) is 0.889. The molecule has 3 aromatic rings.